The molecule has 0 heterocycles. The molecule has 0 N–H and O–H groups in total. The SMILES string of the molecule is CCC(CC1C2=CC3C(C)C3C(C)=CC21)N(C)C. The summed E-state index contributed by atoms with van der Waals surface area (Å²) < 4.78 is 0. The van der Waals surface area contributed by atoms with Crippen LogP contribution >= 0.6 is 0 Å². The van der Waals surface area contributed by atoms with Crippen molar-refractivity contribution in [2.75, 3.05) is 14.1 Å². The van der Waals surface area contributed by atoms with Crippen LogP contribution in [0.5, 0.6) is 0 Å². The summed E-state index contributed by atoms with van der Waals surface area (Å²) in [4.78, 5) is 2.40. The summed E-state index contributed by atoms with van der Waals surface area (Å²) in [5.74, 6) is 4.35. The molecule has 0 saturated heterocycles. The molecule has 0 bridgehead atoms. The lowest BCUT2D eigenvalue weighted by Gasteiger charge is -2.22. The zero-order valence-corrected chi connectivity index (χ0v) is 12.5. The molecule has 100 valence electrons. The van der Waals surface area contributed by atoms with Crippen LogP contribution in [-0.4, -0.2) is 25.0 Å². The first-order valence-electron chi connectivity index (χ1n) is 7.61. The van der Waals surface area contributed by atoms with Crippen molar-refractivity contribution in [1.82, 2.24) is 4.90 Å². The monoisotopic (exact) mass is 245 g/mol. The summed E-state index contributed by atoms with van der Waals surface area (Å²) in [5.41, 5.74) is 3.44. The van der Waals surface area contributed by atoms with Crippen LogP contribution in [0.15, 0.2) is 23.3 Å². The maximum atomic E-state index is 2.64. The first kappa shape index (κ1) is 12.5. The first-order chi connectivity index (χ1) is 8.54. The Balaban J connectivity index is 1.70. The standard InChI is InChI=1S/C17H27N/c1-6-12(18(4)5)8-15-14-7-10(2)17-11(3)13(17)9-16(14)15/h7,9,11-15,17H,6,8H2,1-5H3. The minimum atomic E-state index is 0.754. The third-order valence-corrected chi connectivity index (χ3v) is 5.67. The van der Waals surface area contributed by atoms with Gasteiger partial charge in [-0.3, -0.25) is 0 Å². The highest BCUT2D eigenvalue weighted by atomic mass is 15.1. The highest BCUT2D eigenvalue weighted by Gasteiger charge is 2.53. The Labute approximate surface area is 112 Å². The maximum absolute atomic E-state index is 2.64. The molecule has 6 atom stereocenters. The average Bonchev–Trinajstić information content (AvgIpc) is 3.15. The fourth-order valence-corrected chi connectivity index (χ4v) is 4.21. The van der Waals surface area contributed by atoms with Gasteiger partial charge in [-0.2, -0.15) is 0 Å². The van der Waals surface area contributed by atoms with Crippen molar-refractivity contribution < 1.29 is 0 Å². The zero-order chi connectivity index (χ0) is 13.0. The van der Waals surface area contributed by atoms with E-state index in [1.165, 1.54) is 12.8 Å². The van der Waals surface area contributed by atoms with Gasteiger partial charge < -0.3 is 4.90 Å². The second-order valence-corrected chi connectivity index (χ2v) is 6.93. The van der Waals surface area contributed by atoms with Gasteiger partial charge >= 0.3 is 0 Å². The van der Waals surface area contributed by atoms with E-state index in [1.54, 1.807) is 11.1 Å². The third-order valence-electron chi connectivity index (χ3n) is 5.67. The van der Waals surface area contributed by atoms with Crippen molar-refractivity contribution >= 4 is 0 Å². The Hall–Kier alpha value is -0.560. The molecule has 0 aromatic carbocycles. The van der Waals surface area contributed by atoms with Crippen LogP contribution in [0, 0.1) is 29.6 Å². The molecule has 0 aliphatic heterocycles. The molecule has 1 nitrogen and oxygen atoms in total. The van der Waals surface area contributed by atoms with Gasteiger partial charge in [0.2, 0.25) is 0 Å². The highest BCUT2D eigenvalue weighted by molar-refractivity contribution is 5.43. The van der Waals surface area contributed by atoms with Gasteiger partial charge in [0, 0.05) is 12.0 Å². The quantitative estimate of drug-likeness (QED) is 0.682. The van der Waals surface area contributed by atoms with E-state index in [0.717, 1.165) is 35.6 Å². The van der Waals surface area contributed by atoms with E-state index in [2.05, 4.69) is 51.9 Å². The molecule has 0 amide bonds. The number of hydrogen-bond donors (Lipinski definition) is 0. The molecule has 3 aliphatic carbocycles. The number of nitrogens with zero attached hydrogens (tertiary/aromatic N) is 1. The van der Waals surface area contributed by atoms with Crippen molar-refractivity contribution in [1.29, 1.82) is 0 Å². The molecule has 1 heteroatoms. The summed E-state index contributed by atoms with van der Waals surface area (Å²) in [5, 5.41) is 0. The zero-order valence-electron chi connectivity index (χ0n) is 12.5. The second kappa shape index (κ2) is 4.23. The summed E-state index contributed by atoms with van der Waals surface area (Å²) >= 11 is 0. The summed E-state index contributed by atoms with van der Waals surface area (Å²) in [6, 6.07) is 0.754. The predicted octanol–water partition coefficient (Wildman–Crippen LogP) is 3.73. The van der Waals surface area contributed by atoms with Crippen LogP contribution in [0.3, 0.4) is 0 Å². The summed E-state index contributed by atoms with van der Waals surface area (Å²) in [6.45, 7) is 7.09. The van der Waals surface area contributed by atoms with Gasteiger partial charge in [0.1, 0.15) is 0 Å². The second-order valence-electron chi connectivity index (χ2n) is 6.93. The molecule has 0 spiro atoms. The molecule has 3 aliphatic rings. The average molecular weight is 245 g/mol. The third kappa shape index (κ3) is 1.87. The van der Waals surface area contributed by atoms with E-state index < -0.39 is 0 Å². The first-order valence-corrected chi connectivity index (χ1v) is 7.61. The van der Waals surface area contributed by atoms with E-state index in [-0.39, 0.29) is 0 Å². The Bertz CT molecular complexity index is 404. The number of fused-ring (bicyclic) bond motifs is 2. The lowest BCUT2D eigenvalue weighted by molar-refractivity contribution is 0.261. The Morgan fingerprint density at radius 1 is 1.28 bits per heavy atom. The van der Waals surface area contributed by atoms with Gasteiger partial charge in [-0.1, -0.05) is 37.1 Å². The topological polar surface area (TPSA) is 3.24 Å². The Kier molecular flexibility index (Phi) is 2.93. The molecule has 2 saturated carbocycles. The molecule has 3 rings (SSSR count). The molecule has 18 heavy (non-hydrogen) atoms. The number of hydrogen-bond acceptors (Lipinski definition) is 1. The van der Waals surface area contributed by atoms with Crippen LogP contribution in [0.25, 0.3) is 0 Å². The van der Waals surface area contributed by atoms with Gasteiger partial charge in [-0.25, -0.2) is 0 Å². The van der Waals surface area contributed by atoms with Crippen LogP contribution in [0.2, 0.25) is 0 Å². The Morgan fingerprint density at radius 3 is 2.61 bits per heavy atom. The minimum absolute atomic E-state index is 0.754. The van der Waals surface area contributed by atoms with Crippen LogP contribution in [0.4, 0.5) is 0 Å². The summed E-state index contributed by atoms with van der Waals surface area (Å²) in [6.07, 6.45) is 7.86. The Morgan fingerprint density at radius 2 is 2.00 bits per heavy atom. The molecule has 0 aromatic heterocycles. The van der Waals surface area contributed by atoms with Crippen LogP contribution < -0.4 is 0 Å². The fourth-order valence-electron chi connectivity index (χ4n) is 4.21. The van der Waals surface area contributed by atoms with Crippen molar-refractivity contribution in [2.45, 2.75) is 39.7 Å². The summed E-state index contributed by atoms with van der Waals surface area (Å²) in [7, 11) is 4.45. The normalized spacial score (nSPS) is 42.4. The van der Waals surface area contributed by atoms with Crippen LogP contribution in [0.1, 0.15) is 33.6 Å². The predicted molar refractivity (Wildman–Crippen MR) is 77.3 cm³/mol. The minimum Gasteiger partial charge on any atom is -0.306 e. The molecular weight excluding hydrogens is 218 g/mol. The van der Waals surface area contributed by atoms with E-state index in [0.29, 0.717) is 0 Å². The lowest BCUT2D eigenvalue weighted by Crippen LogP contribution is -2.27. The van der Waals surface area contributed by atoms with E-state index in [1.807, 2.05) is 0 Å². The number of rotatable bonds is 4. The van der Waals surface area contributed by atoms with Gasteiger partial charge in [0.05, 0.1) is 0 Å². The highest BCUT2D eigenvalue weighted by Crippen LogP contribution is 2.61. The largest absolute Gasteiger partial charge is 0.306 e. The number of allylic oxidation sites excluding steroid dienone is 4. The lowest BCUT2D eigenvalue weighted by atomic mass is 10.0. The van der Waals surface area contributed by atoms with Crippen molar-refractivity contribution in [2.24, 2.45) is 29.6 Å². The van der Waals surface area contributed by atoms with Crippen LogP contribution in [-0.2, 0) is 0 Å². The molecular formula is C17H27N. The van der Waals surface area contributed by atoms with Gasteiger partial charge in [-0.05, 0) is 57.5 Å². The van der Waals surface area contributed by atoms with Crippen molar-refractivity contribution in [3.05, 3.63) is 23.3 Å². The maximum Gasteiger partial charge on any atom is 0.00925 e. The van der Waals surface area contributed by atoms with Crippen molar-refractivity contribution in [3.8, 4) is 0 Å². The molecule has 0 radical (unpaired) electrons. The van der Waals surface area contributed by atoms with Gasteiger partial charge in [0.25, 0.3) is 0 Å². The fraction of sp³-hybridized carbons (Fsp3) is 0.765. The molecule has 6 unspecified atom stereocenters. The van der Waals surface area contributed by atoms with E-state index in [4.69, 9.17) is 0 Å². The van der Waals surface area contributed by atoms with Gasteiger partial charge in [-0.15, -0.1) is 0 Å². The van der Waals surface area contributed by atoms with Crippen molar-refractivity contribution in [3.63, 3.8) is 0 Å². The smallest absolute Gasteiger partial charge is 0.00925 e. The van der Waals surface area contributed by atoms with E-state index >= 15 is 0 Å². The molecule has 0 aromatic rings. The van der Waals surface area contributed by atoms with E-state index in [9.17, 15) is 0 Å². The molecule has 2 fully saturated rings. The van der Waals surface area contributed by atoms with Gasteiger partial charge in [0.15, 0.2) is 0 Å².